The summed E-state index contributed by atoms with van der Waals surface area (Å²) in [6.45, 7) is 1.92. The Balaban J connectivity index is 2.16. The van der Waals surface area contributed by atoms with Crippen LogP contribution >= 0.6 is 34.5 Å². The van der Waals surface area contributed by atoms with Gasteiger partial charge in [0.15, 0.2) is 0 Å². The Labute approximate surface area is 125 Å². The molecule has 0 aliphatic heterocycles. The number of anilines is 1. The molecule has 6 heteroatoms. The summed E-state index contributed by atoms with van der Waals surface area (Å²) in [5.74, 6) is -0.234. The number of hydrogen-bond acceptors (Lipinski definition) is 3. The molecule has 1 heterocycles. The number of rotatable bonds is 3. The molecule has 1 atom stereocenters. The highest BCUT2D eigenvalue weighted by Gasteiger charge is 2.14. The summed E-state index contributed by atoms with van der Waals surface area (Å²) in [5, 5.41) is 7.40. The maximum atomic E-state index is 12.1. The van der Waals surface area contributed by atoms with E-state index in [0.717, 1.165) is 5.56 Å². The lowest BCUT2D eigenvalue weighted by Crippen LogP contribution is -2.26. The average Bonchev–Trinajstić information content (AvgIpc) is 2.89. The van der Waals surface area contributed by atoms with E-state index in [1.807, 2.05) is 23.8 Å². The average molecular weight is 315 g/mol. The number of nitrogen functional groups attached to an aromatic ring is 1. The Morgan fingerprint density at radius 2 is 2.00 bits per heavy atom. The molecular formula is C13H12Cl2N2OS. The number of halogens is 2. The second-order valence-corrected chi connectivity index (χ2v) is 5.70. The van der Waals surface area contributed by atoms with Crippen molar-refractivity contribution in [3.05, 3.63) is 50.1 Å². The van der Waals surface area contributed by atoms with Gasteiger partial charge in [0, 0.05) is 5.56 Å². The summed E-state index contributed by atoms with van der Waals surface area (Å²) in [5.41, 5.74) is 7.37. The molecule has 0 bridgehead atoms. The van der Waals surface area contributed by atoms with Crippen LogP contribution in [0, 0.1) is 0 Å². The number of nitrogens with two attached hydrogens (primary N) is 1. The third-order valence-electron chi connectivity index (χ3n) is 2.73. The highest BCUT2D eigenvalue weighted by molar-refractivity contribution is 7.07. The van der Waals surface area contributed by atoms with Crippen molar-refractivity contribution < 1.29 is 4.79 Å². The van der Waals surface area contributed by atoms with Gasteiger partial charge in [-0.05, 0) is 41.4 Å². The first-order valence-corrected chi connectivity index (χ1v) is 7.26. The number of benzene rings is 1. The summed E-state index contributed by atoms with van der Waals surface area (Å²) in [6.07, 6.45) is 0. The van der Waals surface area contributed by atoms with E-state index in [2.05, 4.69) is 5.32 Å². The van der Waals surface area contributed by atoms with Gasteiger partial charge in [-0.15, -0.1) is 0 Å². The first-order chi connectivity index (χ1) is 8.99. The number of carbonyl (C=O) groups excluding carboxylic acids is 1. The van der Waals surface area contributed by atoms with E-state index in [1.54, 1.807) is 11.3 Å². The Hall–Kier alpha value is -1.23. The third kappa shape index (κ3) is 3.21. The molecule has 0 radical (unpaired) electrons. The lowest BCUT2D eigenvalue weighted by molar-refractivity contribution is 0.0940. The second kappa shape index (κ2) is 5.82. The molecule has 0 aliphatic carbocycles. The predicted molar refractivity (Wildman–Crippen MR) is 81.1 cm³/mol. The van der Waals surface area contributed by atoms with Crippen LogP contribution in [0.1, 0.15) is 28.9 Å². The van der Waals surface area contributed by atoms with E-state index in [0.29, 0.717) is 5.56 Å². The van der Waals surface area contributed by atoms with E-state index < -0.39 is 0 Å². The van der Waals surface area contributed by atoms with Gasteiger partial charge >= 0.3 is 0 Å². The van der Waals surface area contributed by atoms with Gasteiger partial charge in [0.05, 0.1) is 21.8 Å². The zero-order valence-electron chi connectivity index (χ0n) is 10.1. The fraction of sp³-hybridized carbons (Fsp3) is 0.154. The normalized spacial score (nSPS) is 12.2. The molecule has 2 aromatic rings. The van der Waals surface area contributed by atoms with Crippen LogP contribution in [0.15, 0.2) is 29.0 Å². The SMILES string of the molecule is CC(NC(=O)c1cc(Cl)c(N)c(Cl)c1)c1ccsc1. The Morgan fingerprint density at radius 1 is 1.37 bits per heavy atom. The molecule has 0 fully saturated rings. The second-order valence-electron chi connectivity index (χ2n) is 4.11. The number of thiophene rings is 1. The molecule has 1 aromatic heterocycles. The van der Waals surface area contributed by atoms with Gasteiger partial charge in [-0.1, -0.05) is 23.2 Å². The van der Waals surface area contributed by atoms with Crippen molar-refractivity contribution in [2.24, 2.45) is 0 Å². The van der Waals surface area contributed by atoms with Crippen LogP contribution in [0.3, 0.4) is 0 Å². The van der Waals surface area contributed by atoms with Crippen LogP contribution < -0.4 is 11.1 Å². The summed E-state index contributed by atoms with van der Waals surface area (Å²) in [7, 11) is 0. The molecule has 0 spiro atoms. The van der Waals surface area contributed by atoms with E-state index in [4.69, 9.17) is 28.9 Å². The minimum absolute atomic E-state index is 0.0751. The number of carbonyl (C=O) groups is 1. The third-order valence-corrected chi connectivity index (χ3v) is 4.06. The van der Waals surface area contributed by atoms with E-state index >= 15 is 0 Å². The maximum Gasteiger partial charge on any atom is 0.251 e. The molecule has 1 aromatic carbocycles. The highest BCUT2D eigenvalue weighted by Crippen LogP contribution is 2.29. The van der Waals surface area contributed by atoms with Gasteiger partial charge in [0.2, 0.25) is 0 Å². The molecule has 1 unspecified atom stereocenters. The Kier molecular flexibility index (Phi) is 4.34. The van der Waals surface area contributed by atoms with Gasteiger partial charge in [-0.3, -0.25) is 4.79 Å². The predicted octanol–water partition coefficient (Wildman–Crippen LogP) is 4.13. The molecule has 0 saturated heterocycles. The Morgan fingerprint density at radius 3 is 2.53 bits per heavy atom. The standard InChI is InChI=1S/C13H12Cl2N2OS/c1-7(8-2-3-19-6-8)17-13(18)9-4-10(14)12(16)11(15)5-9/h2-7H,16H2,1H3,(H,17,18). The summed E-state index contributed by atoms with van der Waals surface area (Å²) in [6, 6.07) is 4.92. The quantitative estimate of drug-likeness (QED) is 0.837. The first-order valence-electron chi connectivity index (χ1n) is 5.56. The summed E-state index contributed by atoms with van der Waals surface area (Å²) >= 11 is 13.4. The fourth-order valence-corrected chi connectivity index (χ4v) is 2.84. The topological polar surface area (TPSA) is 55.1 Å². The van der Waals surface area contributed by atoms with Gasteiger partial charge in [-0.2, -0.15) is 11.3 Å². The number of hydrogen-bond donors (Lipinski definition) is 2. The number of amides is 1. The van der Waals surface area contributed by atoms with Crippen LogP contribution in [-0.2, 0) is 0 Å². The summed E-state index contributed by atoms with van der Waals surface area (Å²) < 4.78 is 0. The fourth-order valence-electron chi connectivity index (χ4n) is 1.60. The summed E-state index contributed by atoms with van der Waals surface area (Å²) in [4.78, 5) is 12.1. The van der Waals surface area contributed by atoms with Crippen molar-refractivity contribution in [3.63, 3.8) is 0 Å². The highest BCUT2D eigenvalue weighted by atomic mass is 35.5. The molecule has 1 amide bonds. The molecule has 19 heavy (non-hydrogen) atoms. The zero-order chi connectivity index (χ0) is 14.0. The first kappa shape index (κ1) is 14.2. The van der Waals surface area contributed by atoms with Gasteiger partial charge < -0.3 is 11.1 Å². The minimum Gasteiger partial charge on any atom is -0.396 e. The van der Waals surface area contributed by atoms with E-state index in [9.17, 15) is 4.79 Å². The molecule has 0 saturated carbocycles. The lowest BCUT2D eigenvalue weighted by Gasteiger charge is -2.13. The van der Waals surface area contributed by atoms with Gasteiger partial charge in [0.25, 0.3) is 5.91 Å². The zero-order valence-corrected chi connectivity index (χ0v) is 12.4. The van der Waals surface area contributed by atoms with Crippen molar-refractivity contribution >= 4 is 46.1 Å². The smallest absolute Gasteiger partial charge is 0.251 e. The van der Waals surface area contributed by atoms with Gasteiger partial charge in [-0.25, -0.2) is 0 Å². The largest absolute Gasteiger partial charge is 0.396 e. The van der Waals surface area contributed by atoms with Crippen LogP contribution in [0.5, 0.6) is 0 Å². The van der Waals surface area contributed by atoms with E-state index in [-0.39, 0.29) is 27.7 Å². The minimum atomic E-state index is -0.234. The molecule has 100 valence electrons. The molecule has 3 N–H and O–H groups in total. The lowest BCUT2D eigenvalue weighted by atomic mass is 10.1. The van der Waals surface area contributed by atoms with Crippen LogP contribution in [0.2, 0.25) is 10.0 Å². The van der Waals surface area contributed by atoms with Crippen molar-refractivity contribution in [2.75, 3.05) is 5.73 Å². The van der Waals surface area contributed by atoms with Crippen molar-refractivity contribution in [3.8, 4) is 0 Å². The monoisotopic (exact) mass is 314 g/mol. The molecule has 2 rings (SSSR count). The van der Waals surface area contributed by atoms with Crippen molar-refractivity contribution in [2.45, 2.75) is 13.0 Å². The van der Waals surface area contributed by atoms with Gasteiger partial charge in [0.1, 0.15) is 0 Å². The molecular weight excluding hydrogens is 303 g/mol. The molecule has 0 aliphatic rings. The van der Waals surface area contributed by atoms with Crippen molar-refractivity contribution in [1.82, 2.24) is 5.32 Å². The van der Waals surface area contributed by atoms with Crippen LogP contribution in [-0.4, -0.2) is 5.91 Å². The molecule has 3 nitrogen and oxygen atoms in total. The van der Waals surface area contributed by atoms with Crippen molar-refractivity contribution in [1.29, 1.82) is 0 Å². The van der Waals surface area contributed by atoms with E-state index in [1.165, 1.54) is 12.1 Å². The Bertz CT molecular complexity index is 576. The van der Waals surface area contributed by atoms with Crippen LogP contribution in [0.25, 0.3) is 0 Å². The van der Waals surface area contributed by atoms with Crippen LogP contribution in [0.4, 0.5) is 5.69 Å². The maximum absolute atomic E-state index is 12.1. The number of nitrogens with one attached hydrogen (secondary N) is 1.